The molecule has 0 saturated heterocycles. The number of carbonyl (C=O) groups is 2. The van der Waals surface area contributed by atoms with Crippen molar-refractivity contribution in [3.05, 3.63) is 59.2 Å². The Labute approximate surface area is 137 Å². The van der Waals surface area contributed by atoms with Gasteiger partial charge in [0.05, 0.1) is 11.3 Å². The topological polar surface area (TPSA) is 78.4 Å². The lowest BCUT2D eigenvalue weighted by molar-refractivity contribution is -0.137. The van der Waals surface area contributed by atoms with Crippen LogP contribution in [0.25, 0.3) is 0 Å². The molecular weight excluding hydrogens is 351 g/mol. The van der Waals surface area contributed by atoms with Gasteiger partial charge in [-0.25, -0.2) is 13.6 Å². The molecule has 0 saturated carbocycles. The zero-order valence-electron chi connectivity index (χ0n) is 12.1. The van der Waals surface area contributed by atoms with Crippen LogP contribution >= 0.6 is 0 Å². The number of rotatable bonds is 2. The van der Waals surface area contributed by atoms with Crippen molar-refractivity contribution in [3.63, 3.8) is 0 Å². The number of anilines is 1. The first-order chi connectivity index (χ1) is 11.6. The molecule has 3 N–H and O–H groups in total. The Hall–Kier alpha value is -3.17. The fraction of sp³-hybridized carbons (Fsp3) is 0.0667. The zero-order valence-corrected chi connectivity index (χ0v) is 12.1. The van der Waals surface area contributed by atoms with E-state index in [1.54, 1.807) is 5.32 Å². The summed E-state index contributed by atoms with van der Waals surface area (Å²) in [6, 6.07) is 3.03. The Bertz CT molecular complexity index is 816. The van der Waals surface area contributed by atoms with Crippen LogP contribution in [-0.4, -0.2) is 17.0 Å². The summed E-state index contributed by atoms with van der Waals surface area (Å²) in [5.41, 5.74) is -2.60. The van der Waals surface area contributed by atoms with Crippen LogP contribution in [0.1, 0.15) is 15.9 Å². The van der Waals surface area contributed by atoms with E-state index in [4.69, 9.17) is 0 Å². The Kier molecular flexibility index (Phi) is 4.91. The first-order valence-corrected chi connectivity index (χ1v) is 6.56. The number of halogens is 5. The Morgan fingerprint density at radius 2 is 1.60 bits per heavy atom. The number of imide groups is 1. The third-order valence-electron chi connectivity index (χ3n) is 2.99. The van der Waals surface area contributed by atoms with Crippen LogP contribution in [0, 0.1) is 11.6 Å². The summed E-state index contributed by atoms with van der Waals surface area (Å²) in [4.78, 5) is 23.3. The molecule has 10 heteroatoms. The molecule has 0 bridgehead atoms. The van der Waals surface area contributed by atoms with Gasteiger partial charge in [0, 0.05) is 0 Å². The molecule has 0 spiro atoms. The van der Waals surface area contributed by atoms with Gasteiger partial charge < -0.3 is 10.4 Å². The summed E-state index contributed by atoms with van der Waals surface area (Å²) < 4.78 is 64.3. The van der Waals surface area contributed by atoms with E-state index in [-0.39, 0.29) is 0 Å². The van der Waals surface area contributed by atoms with Crippen LogP contribution < -0.4 is 10.6 Å². The van der Waals surface area contributed by atoms with Crippen LogP contribution in [0.3, 0.4) is 0 Å². The summed E-state index contributed by atoms with van der Waals surface area (Å²) in [6.45, 7) is 0. The minimum atomic E-state index is -4.70. The normalized spacial score (nSPS) is 11.1. The van der Waals surface area contributed by atoms with Crippen molar-refractivity contribution >= 4 is 17.6 Å². The number of amides is 3. The van der Waals surface area contributed by atoms with E-state index in [9.17, 15) is 36.6 Å². The second-order valence-electron chi connectivity index (χ2n) is 4.73. The first-order valence-electron chi connectivity index (χ1n) is 6.56. The molecule has 2 aromatic carbocycles. The van der Waals surface area contributed by atoms with E-state index < -0.39 is 52.3 Å². The summed E-state index contributed by atoms with van der Waals surface area (Å²) in [7, 11) is 0. The number of phenols is 1. The maximum atomic E-state index is 13.4. The molecule has 0 fully saturated rings. The van der Waals surface area contributed by atoms with Crippen LogP contribution in [0.4, 0.5) is 32.4 Å². The van der Waals surface area contributed by atoms with E-state index in [1.807, 2.05) is 5.32 Å². The van der Waals surface area contributed by atoms with Crippen LogP contribution in [-0.2, 0) is 6.18 Å². The predicted octanol–water partition coefficient (Wildman–Crippen LogP) is 3.65. The third kappa shape index (κ3) is 4.22. The third-order valence-corrected chi connectivity index (χ3v) is 2.99. The quantitative estimate of drug-likeness (QED) is 0.565. The number of benzene rings is 2. The SMILES string of the molecule is O=C(NC(=O)c1c(F)cccc1F)Nc1ccc(C(F)(F)F)cc1O. The number of urea groups is 1. The van der Waals surface area contributed by atoms with Gasteiger partial charge in [0.25, 0.3) is 5.91 Å². The first kappa shape index (κ1) is 18.2. The van der Waals surface area contributed by atoms with Gasteiger partial charge in [-0.2, -0.15) is 13.2 Å². The largest absolute Gasteiger partial charge is 0.506 e. The maximum Gasteiger partial charge on any atom is 0.416 e. The zero-order chi connectivity index (χ0) is 18.8. The minimum absolute atomic E-state index is 0.369. The standard InChI is InChI=1S/C15H9F5N2O3/c16-8-2-1-3-9(17)12(8)13(24)22-14(25)21-10-5-4-7(6-11(10)23)15(18,19)20/h1-6,23H,(H2,21,22,24,25). The molecule has 0 aliphatic heterocycles. The van der Waals surface area contributed by atoms with Gasteiger partial charge in [-0.05, 0) is 30.3 Å². The number of alkyl halides is 3. The maximum absolute atomic E-state index is 13.4. The summed E-state index contributed by atoms with van der Waals surface area (Å²) in [5.74, 6) is -4.72. The lowest BCUT2D eigenvalue weighted by atomic mass is 10.2. The number of nitrogens with one attached hydrogen (secondary N) is 2. The Morgan fingerprint density at radius 1 is 1.00 bits per heavy atom. The van der Waals surface area contributed by atoms with Gasteiger partial charge in [-0.3, -0.25) is 10.1 Å². The van der Waals surface area contributed by atoms with Gasteiger partial charge in [0.15, 0.2) is 0 Å². The van der Waals surface area contributed by atoms with Crippen LogP contribution in [0.2, 0.25) is 0 Å². The van der Waals surface area contributed by atoms with Gasteiger partial charge in [0.1, 0.15) is 22.9 Å². The number of hydrogen-bond donors (Lipinski definition) is 3. The lowest BCUT2D eigenvalue weighted by Crippen LogP contribution is -2.35. The highest BCUT2D eigenvalue weighted by Crippen LogP contribution is 2.34. The molecule has 0 radical (unpaired) electrons. The van der Waals surface area contributed by atoms with Gasteiger partial charge in [-0.15, -0.1) is 0 Å². The number of carbonyl (C=O) groups excluding carboxylic acids is 2. The molecule has 0 aliphatic carbocycles. The van der Waals surface area contributed by atoms with Gasteiger partial charge in [0.2, 0.25) is 0 Å². The predicted molar refractivity (Wildman–Crippen MR) is 76.0 cm³/mol. The van der Waals surface area contributed by atoms with Crippen molar-refractivity contribution in [2.45, 2.75) is 6.18 Å². The van der Waals surface area contributed by atoms with Crippen molar-refractivity contribution in [3.8, 4) is 5.75 Å². The van der Waals surface area contributed by atoms with E-state index in [2.05, 4.69) is 0 Å². The highest BCUT2D eigenvalue weighted by molar-refractivity contribution is 6.08. The smallest absolute Gasteiger partial charge is 0.416 e. The number of aromatic hydroxyl groups is 1. The molecule has 0 heterocycles. The van der Waals surface area contributed by atoms with Gasteiger partial charge in [-0.1, -0.05) is 6.07 Å². The molecule has 132 valence electrons. The fourth-order valence-corrected chi connectivity index (χ4v) is 1.85. The second-order valence-corrected chi connectivity index (χ2v) is 4.73. The van der Waals surface area contributed by atoms with E-state index in [0.29, 0.717) is 12.1 Å². The lowest BCUT2D eigenvalue weighted by Gasteiger charge is -2.11. The van der Waals surface area contributed by atoms with Crippen molar-refractivity contribution in [2.24, 2.45) is 0 Å². The fourth-order valence-electron chi connectivity index (χ4n) is 1.85. The molecule has 0 aliphatic rings. The Morgan fingerprint density at radius 3 is 2.12 bits per heavy atom. The molecular formula is C15H9F5N2O3. The van der Waals surface area contributed by atoms with Crippen molar-refractivity contribution in [1.82, 2.24) is 5.32 Å². The molecule has 0 aromatic heterocycles. The molecule has 0 unspecified atom stereocenters. The second kappa shape index (κ2) is 6.75. The number of hydrogen-bond acceptors (Lipinski definition) is 3. The van der Waals surface area contributed by atoms with Crippen LogP contribution in [0.15, 0.2) is 36.4 Å². The molecule has 3 amide bonds. The highest BCUT2D eigenvalue weighted by atomic mass is 19.4. The molecule has 25 heavy (non-hydrogen) atoms. The molecule has 2 rings (SSSR count). The molecule has 2 aromatic rings. The number of phenolic OH excluding ortho intramolecular Hbond substituents is 1. The summed E-state index contributed by atoms with van der Waals surface area (Å²) in [5, 5.41) is 13.0. The highest BCUT2D eigenvalue weighted by Gasteiger charge is 2.31. The van der Waals surface area contributed by atoms with Crippen molar-refractivity contribution in [1.29, 1.82) is 0 Å². The van der Waals surface area contributed by atoms with Crippen molar-refractivity contribution < 1.29 is 36.6 Å². The summed E-state index contributed by atoms with van der Waals surface area (Å²) in [6.07, 6.45) is -4.70. The van der Waals surface area contributed by atoms with E-state index in [0.717, 1.165) is 24.3 Å². The minimum Gasteiger partial charge on any atom is -0.506 e. The van der Waals surface area contributed by atoms with Crippen molar-refractivity contribution in [2.75, 3.05) is 5.32 Å². The molecule has 5 nitrogen and oxygen atoms in total. The monoisotopic (exact) mass is 360 g/mol. The average molecular weight is 360 g/mol. The van der Waals surface area contributed by atoms with Crippen LogP contribution in [0.5, 0.6) is 5.75 Å². The average Bonchev–Trinajstić information content (AvgIpc) is 2.48. The van der Waals surface area contributed by atoms with Gasteiger partial charge >= 0.3 is 12.2 Å². The Balaban J connectivity index is 2.12. The van der Waals surface area contributed by atoms with E-state index >= 15 is 0 Å². The molecule has 0 atom stereocenters. The summed E-state index contributed by atoms with van der Waals surface area (Å²) >= 11 is 0. The van der Waals surface area contributed by atoms with E-state index in [1.165, 1.54) is 0 Å².